The van der Waals surface area contributed by atoms with E-state index in [0.717, 1.165) is 12.6 Å². The standard InChI is InChI=1S/C8H17N2/c1-4-10-6-5-8(7-10)9(2)3/h8H,1,4-7H2,2-3H3. The monoisotopic (exact) mass is 141 g/mol. The van der Waals surface area contributed by atoms with Crippen LogP contribution in [0.5, 0.6) is 0 Å². The van der Waals surface area contributed by atoms with E-state index in [1.807, 2.05) is 0 Å². The van der Waals surface area contributed by atoms with Crippen LogP contribution in [0, 0.1) is 6.92 Å². The molecule has 1 saturated heterocycles. The van der Waals surface area contributed by atoms with E-state index in [2.05, 4.69) is 30.8 Å². The molecule has 1 unspecified atom stereocenters. The summed E-state index contributed by atoms with van der Waals surface area (Å²) in [6.07, 6.45) is 1.31. The molecule has 2 heteroatoms. The highest BCUT2D eigenvalue weighted by Crippen LogP contribution is 2.11. The summed E-state index contributed by atoms with van der Waals surface area (Å²) in [5.41, 5.74) is 0. The van der Waals surface area contributed by atoms with Crippen molar-refractivity contribution >= 4 is 0 Å². The third kappa shape index (κ3) is 1.70. The molecule has 0 aromatic heterocycles. The van der Waals surface area contributed by atoms with Gasteiger partial charge in [-0.3, -0.25) is 0 Å². The minimum Gasteiger partial charge on any atom is -0.305 e. The van der Waals surface area contributed by atoms with Gasteiger partial charge in [-0.2, -0.15) is 0 Å². The Bertz CT molecular complexity index is 101. The minimum absolute atomic E-state index is 0.766. The third-order valence-electron chi connectivity index (χ3n) is 2.29. The summed E-state index contributed by atoms with van der Waals surface area (Å²) >= 11 is 0. The predicted octanol–water partition coefficient (Wildman–Crippen LogP) is 0.456. The highest BCUT2D eigenvalue weighted by atomic mass is 15.2. The lowest BCUT2D eigenvalue weighted by molar-refractivity contribution is 0.279. The molecule has 0 aromatic rings. The van der Waals surface area contributed by atoms with E-state index in [9.17, 15) is 0 Å². The van der Waals surface area contributed by atoms with Gasteiger partial charge in [0, 0.05) is 12.6 Å². The van der Waals surface area contributed by atoms with Crippen LogP contribution in [0.3, 0.4) is 0 Å². The SMILES string of the molecule is [CH2]CN1CCC(N(C)C)C1. The normalized spacial score (nSPS) is 28.2. The molecule has 1 aliphatic heterocycles. The van der Waals surface area contributed by atoms with Crippen molar-refractivity contribution in [2.45, 2.75) is 12.5 Å². The molecule has 0 aromatic carbocycles. The van der Waals surface area contributed by atoms with E-state index >= 15 is 0 Å². The van der Waals surface area contributed by atoms with Crippen LogP contribution < -0.4 is 0 Å². The van der Waals surface area contributed by atoms with Crippen molar-refractivity contribution in [3.63, 3.8) is 0 Å². The molecule has 1 rings (SSSR count). The Hall–Kier alpha value is -0.0800. The van der Waals surface area contributed by atoms with Gasteiger partial charge in [0.05, 0.1) is 0 Å². The van der Waals surface area contributed by atoms with E-state index in [4.69, 9.17) is 0 Å². The van der Waals surface area contributed by atoms with Crippen molar-refractivity contribution in [3.05, 3.63) is 6.92 Å². The van der Waals surface area contributed by atoms with E-state index in [1.165, 1.54) is 19.5 Å². The zero-order chi connectivity index (χ0) is 7.56. The van der Waals surface area contributed by atoms with Crippen LogP contribution in [0.4, 0.5) is 0 Å². The maximum absolute atomic E-state index is 3.87. The van der Waals surface area contributed by atoms with Gasteiger partial charge in [0.25, 0.3) is 0 Å². The van der Waals surface area contributed by atoms with Gasteiger partial charge in [-0.15, -0.1) is 0 Å². The molecule has 1 heterocycles. The number of hydrogen-bond acceptors (Lipinski definition) is 2. The Balaban J connectivity index is 2.28. The molecule has 0 bridgehead atoms. The van der Waals surface area contributed by atoms with Crippen LogP contribution >= 0.6 is 0 Å². The quantitative estimate of drug-likeness (QED) is 0.551. The van der Waals surface area contributed by atoms with Crippen LogP contribution in [-0.2, 0) is 0 Å². The van der Waals surface area contributed by atoms with Crippen molar-refractivity contribution < 1.29 is 0 Å². The first kappa shape index (κ1) is 8.02. The molecule has 1 aliphatic rings. The number of rotatable bonds is 2. The molecule has 0 saturated carbocycles. The summed E-state index contributed by atoms with van der Waals surface area (Å²) in [5, 5.41) is 0. The molecule has 59 valence electrons. The van der Waals surface area contributed by atoms with Crippen molar-refractivity contribution in [2.75, 3.05) is 33.7 Å². The third-order valence-corrected chi connectivity index (χ3v) is 2.29. The second kappa shape index (κ2) is 3.35. The van der Waals surface area contributed by atoms with Gasteiger partial charge < -0.3 is 9.80 Å². The Morgan fingerprint density at radius 1 is 1.60 bits per heavy atom. The van der Waals surface area contributed by atoms with Crippen LogP contribution in [0.15, 0.2) is 0 Å². The van der Waals surface area contributed by atoms with Crippen molar-refractivity contribution in [1.29, 1.82) is 0 Å². The van der Waals surface area contributed by atoms with Crippen LogP contribution in [0.1, 0.15) is 6.42 Å². The number of nitrogens with zero attached hydrogens (tertiary/aromatic N) is 2. The number of hydrogen-bond donors (Lipinski definition) is 0. The molecule has 2 nitrogen and oxygen atoms in total. The largest absolute Gasteiger partial charge is 0.305 e. The summed E-state index contributed by atoms with van der Waals surface area (Å²) < 4.78 is 0. The Morgan fingerprint density at radius 3 is 2.60 bits per heavy atom. The fraction of sp³-hybridized carbons (Fsp3) is 0.875. The number of likely N-dealkylation sites (tertiary alicyclic amines) is 1. The predicted molar refractivity (Wildman–Crippen MR) is 43.9 cm³/mol. The van der Waals surface area contributed by atoms with Crippen LogP contribution in [-0.4, -0.2) is 49.6 Å². The molecule has 0 spiro atoms. The van der Waals surface area contributed by atoms with Gasteiger partial charge in [-0.1, -0.05) is 0 Å². The zero-order valence-corrected chi connectivity index (χ0v) is 7.01. The van der Waals surface area contributed by atoms with Gasteiger partial charge in [0.1, 0.15) is 0 Å². The van der Waals surface area contributed by atoms with Crippen LogP contribution in [0.2, 0.25) is 0 Å². The van der Waals surface area contributed by atoms with Crippen LogP contribution in [0.25, 0.3) is 0 Å². The molecular formula is C8H17N2. The Labute approximate surface area is 63.8 Å². The van der Waals surface area contributed by atoms with Crippen molar-refractivity contribution in [3.8, 4) is 0 Å². The lowest BCUT2D eigenvalue weighted by Crippen LogP contribution is -2.31. The van der Waals surface area contributed by atoms with Gasteiger partial charge in [0.15, 0.2) is 0 Å². The molecule has 0 N–H and O–H groups in total. The number of likely N-dealkylation sites (N-methyl/N-ethyl adjacent to an activating group) is 1. The maximum atomic E-state index is 3.87. The van der Waals surface area contributed by atoms with Gasteiger partial charge >= 0.3 is 0 Å². The van der Waals surface area contributed by atoms with E-state index in [0.29, 0.717) is 0 Å². The summed E-state index contributed by atoms with van der Waals surface area (Å²) in [7, 11) is 4.30. The molecular weight excluding hydrogens is 124 g/mol. The van der Waals surface area contributed by atoms with Gasteiger partial charge in [-0.25, -0.2) is 0 Å². The molecule has 1 fully saturated rings. The minimum atomic E-state index is 0.766. The molecule has 10 heavy (non-hydrogen) atoms. The summed E-state index contributed by atoms with van der Waals surface area (Å²) in [5.74, 6) is 0. The Morgan fingerprint density at radius 2 is 2.30 bits per heavy atom. The first-order chi connectivity index (χ1) is 4.74. The smallest absolute Gasteiger partial charge is 0.0229 e. The summed E-state index contributed by atoms with van der Waals surface area (Å²) in [6, 6.07) is 0.766. The molecule has 0 amide bonds. The highest BCUT2D eigenvalue weighted by Gasteiger charge is 2.21. The zero-order valence-electron chi connectivity index (χ0n) is 7.01. The average Bonchev–Trinajstić information content (AvgIpc) is 2.34. The van der Waals surface area contributed by atoms with Gasteiger partial charge in [-0.05, 0) is 40.5 Å². The Kier molecular flexibility index (Phi) is 2.69. The first-order valence-corrected chi connectivity index (χ1v) is 3.92. The molecule has 1 radical (unpaired) electrons. The van der Waals surface area contributed by atoms with E-state index < -0.39 is 0 Å². The lowest BCUT2D eigenvalue weighted by Gasteiger charge is -2.19. The van der Waals surface area contributed by atoms with E-state index in [-0.39, 0.29) is 0 Å². The highest BCUT2D eigenvalue weighted by molar-refractivity contribution is 4.80. The maximum Gasteiger partial charge on any atom is 0.0229 e. The second-order valence-corrected chi connectivity index (χ2v) is 3.21. The van der Waals surface area contributed by atoms with Gasteiger partial charge in [0.2, 0.25) is 0 Å². The second-order valence-electron chi connectivity index (χ2n) is 3.21. The topological polar surface area (TPSA) is 6.48 Å². The average molecular weight is 141 g/mol. The fourth-order valence-corrected chi connectivity index (χ4v) is 1.44. The molecule has 0 aliphatic carbocycles. The molecule has 1 atom stereocenters. The lowest BCUT2D eigenvalue weighted by atomic mass is 10.2. The fourth-order valence-electron chi connectivity index (χ4n) is 1.44. The summed E-state index contributed by atoms with van der Waals surface area (Å²) in [4.78, 5) is 4.69. The summed E-state index contributed by atoms with van der Waals surface area (Å²) in [6.45, 7) is 7.26. The van der Waals surface area contributed by atoms with E-state index in [1.54, 1.807) is 0 Å². The van der Waals surface area contributed by atoms with Crippen molar-refractivity contribution in [1.82, 2.24) is 9.80 Å². The van der Waals surface area contributed by atoms with Crippen molar-refractivity contribution in [2.24, 2.45) is 0 Å². The first-order valence-electron chi connectivity index (χ1n) is 3.92.